The fraction of sp³-hybridized carbons (Fsp3) is 0.500. The van der Waals surface area contributed by atoms with Crippen molar-refractivity contribution in [2.75, 3.05) is 0 Å². The Kier molecular flexibility index (Phi) is 3.81. The number of aryl methyl sites for hydroxylation is 2. The van der Waals surface area contributed by atoms with Crippen LogP contribution in [0.25, 0.3) is 0 Å². The number of hydrogen-bond donors (Lipinski definition) is 2. The summed E-state index contributed by atoms with van der Waals surface area (Å²) in [5.41, 5.74) is 1.68. The minimum absolute atomic E-state index is 0.313. The Balaban J connectivity index is 2.97. The normalized spacial score (nSPS) is 10.4. The molecule has 1 rings (SSSR count). The Morgan fingerprint density at radius 2 is 1.21 bits per heavy atom. The molecule has 0 aromatic heterocycles. The van der Waals surface area contributed by atoms with Crippen LogP contribution in [0.4, 0.5) is 0 Å². The third kappa shape index (κ3) is 2.41. The first-order valence-electron chi connectivity index (χ1n) is 5.22. The molecule has 0 aliphatic carbocycles. The first kappa shape index (κ1) is 10.9. The maximum absolute atomic E-state index is 9.66. The van der Waals surface area contributed by atoms with Gasteiger partial charge < -0.3 is 10.2 Å². The largest absolute Gasteiger partial charge is 0.508 e. The SMILES string of the molecule is CCCc1cc(O)c(CCC)cc1O. The summed E-state index contributed by atoms with van der Waals surface area (Å²) in [5.74, 6) is 0.626. The summed E-state index contributed by atoms with van der Waals surface area (Å²) in [6.07, 6.45) is 3.57. The second-order valence-electron chi connectivity index (χ2n) is 3.61. The van der Waals surface area contributed by atoms with E-state index in [1.807, 2.05) is 0 Å². The summed E-state index contributed by atoms with van der Waals surface area (Å²) in [6.45, 7) is 4.10. The fourth-order valence-corrected chi connectivity index (χ4v) is 1.60. The molecule has 0 atom stereocenters. The van der Waals surface area contributed by atoms with E-state index >= 15 is 0 Å². The summed E-state index contributed by atoms with van der Waals surface area (Å²) in [7, 11) is 0. The molecular weight excluding hydrogens is 176 g/mol. The zero-order chi connectivity index (χ0) is 10.6. The molecule has 0 aliphatic rings. The third-order valence-corrected chi connectivity index (χ3v) is 2.32. The molecule has 0 radical (unpaired) electrons. The van der Waals surface area contributed by atoms with Crippen LogP contribution >= 0.6 is 0 Å². The lowest BCUT2D eigenvalue weighted by molar-refractivity contribution is 0.448. The maximum Gasteiger partial charge on any atom is 0.119 e. The summed E-state index contributed by atoms with van der Waals surface area (Å²) < 4.78 is 0. The van der Waals surface area contributed by atoms with Gasteiger partial charge in [0.2, 0.25) is 0 Å². The van der Waals surface area contributed by atoms with E-state index in [0.29, 0.717) is 11.5 Å². The van der Waals surface area contributed by atoms with Crippen molar-refractivity contribution < 1.29 is 10.2 Å². The predicted molar refractivity (Wildman–Crippen MR) is 57.8 cm³/mol. The molecule has 0 saturated carbocycles. The molecule has 0 saturated heterocycles. The first-order valence-corrected chi connectivity index (χ1v) is 5.22. The van der Waals surface area contributed by atoms with Gasteiger partial charge in [-0.25, -0.2) is 0 Å². The molecule has 0 aliphatic heterocycles. The predicted octanol–water partition coefficient (Wildman–Crippen LogP) is 3.00. The molecule has 0 unspecified atom stereocenters. The minimum atomic E-state index is 0.313. The number of rotatable bonds is 4. The van der Waals surface area contributed by atoms with Gasteiger partial charge in [-0.1, -0.05) is 26.7 Å². The molecule has 0 heterocycles. The minimum Gasteiger partial charge on any atom is -0.508 e. The average Bonchev–Trinajstić information content (AvgIpc) is 2.14. The average molecular weight is 194 g/mol. The summed E-state index contributed by atoms with van der Waals surface area (Å²) >= 11 is 0. The molecule has 1 aromatic rings. The molecule has 2 N–H and O–H groups in total. The lowest BCUT2D eigenvalue weighted by Gasteiger charge is -2.08. The smallest absolute Gasteiger partial charge is 0.119 e. The second kappa shape index (κ2) is 4.89. The van der Waals surface area contributed by atoms with E-state index in [1.54, 1.807) is 12.1 Å². The van der Waals surface area contributed by atoms with Gasteiger partial charge in [-0.3, -0.25) is 0 Å². The van der Waals surface area contributed by atoms with Gasteiger partial charge in [0, 0.05) is 0 Å². The Bertz CT molecular complexity index is 274. The molecule has 1 aromatic carbocycles. The molecule has 0 bridgehead atoms. The fourth-order valence-electron chi connectivity index (χ4n) is 1.60. The summed E-state index contributed by atoms with van der Waals surface area (Å²) in [4.78, 5) is 0. The zero-order valence-corrected chi connectivity index (χ0v) is 8.88. The summed E-state index contributed by atoms with van der Waals surface area (Å²) in [5, 5.41) is 19.3. The zero-order valence-electron chi connectivity index (χ0n) is 8.88. The van der Waals surface area contributed by atoms with E-state index in [0.717, 1.165) is 36.8 Å². The van der Waals surface area contributed by atoms with Gasteiger partial charge in [-0.15, -0.1) is 0 Å². The molecule has 78 valence electrons. The van der Waals surface area contributed by atoms with Crippen LogP contribution in [0.1, 0.15) is 37.8 Å². The van der Waals surface area contributed by atoms with Gasteiger partial charge >= 0.3 is 0 Å². The van der Waals surface area contributed by atoms with Crippen LogP contribution < -0.4 is 0 Å². The van der Waals surface area contributed by atoms with E-state index in [9.17, 15) is 10.2 Å². The van der Waals surface area contributed by atoms with Crippen LogP contribution in [-0.2, 0) is 12.8 Å². The van der Waals surface area contributed by atoms with Gasteiger partial charge in [0.15, 0.2) is 0 Å². The van der Waals surface area contributed by atoms with Gasteiger partial charge in [0.1, 0.15) is 11.5 Å². The van der Waals surface area contributed by atoms with Crippen molar-refractivity contribution in [3.63, 3.8) is 0 Å². The van der Waals surface area contributed by atoms with Gasteiger partial charge in [-0.05, 0) is 36.1 Å². The van der Waals surface area contributed by atoms with E-state index < -0.39 is 0 Å². The van der Waals surface area contributed by atoms with Crippen LogP contribution in [0.2, 0.25) is 0 Å². The van der Waals surface area contributed by atoms with Crippen molar-refractivity contribution in [2.45, 2.75) is 39.5 Å². The van der Waals surface area contributed by atoms with Gasteiger partial charge in [0.05, 0.1) is 0 Å². The van der Waals surface area contributed by atoms with E-state index in [2.05, 4.69) is 13.8 Å². The monoisotopic (exact) mass is 194 g/mol. The van der Waals surface area contributed by atoms with Crippen molar-refractivity contribution in [1.82, 2.24) is 0 Å². The number of benzene rings is 1. The second-order valence-corrected chi connectivity index (χ2v) is 3.61. The van der Waals surface area contributed by atoms with Crippen molar-refractivity contribution >= 4 is 0 Å². The highest BCUT2D eigenvalue weighted by Crippen LogP contribution is 2.28. The van der Waals surface area contributed by atoms with Gasteiger partial charge in [0.25, 0.3) is 0 Å². The van der Waals surface area contributed by atoms with Crippen LogP contribution in [0.15, 0.2) is 12.1 Å². The highest BCUT2D eigenvalue weighted by Gasteiger charge is 2.07. The summed E-state index contributed by atoms with van der Waals surface area (Å²) in [6, 6.07) is 3.37. The third-order valence-electron chi connectivity index (χ3n) is 2.32. The van der Waals surface area contributed by atoms with Crippen molar-refractivity contribution in [1.29, 1.82) is 0 Å². The lowest BCUT2D eigenvalue weighted by Crippen LogP contribution is -1.89. The molecule has 0 spiro atoms. The van der Waals surface area contributed by atoms with Crippen LogP contribution in [0.5, 0.6) is 11.5 Å². The Hall–Kier alpha value is -1.18. The van der Waals surface area contributed by atoms with E-state index in [4.69, 9.17) is 0 Å². The number of phenols is 2. The van der Waals surface area contributed by atoms with Crippen LogP contribution in [0.3, 0.4) is 0 Å². The topological polar surface area (TPSA) is 40.5 Å². The van der Waals surface area contributed by atoms with Gasteiger partial charge in [-0.2, -0.15) is 0 Å². The Morgan fingerprint density at radius 1 is 0.857 bits per heavy atom. The lowest BCUT2D eigenvalue weighted by atomic mass is 10.0. The molecule has 0 amide bonds. The highest BCUT2D eigenvalue weighted by molar-refractivity contribution is 5.45. The number of hydrogen-bond acceptors (Lipinski definition) is 2. The van der Waals surface area contributed by atoms with Crippen molar-refractivity contribution in [3.8, 4) is 11.5 Å². The van der Waals surface area contributed by atoms with E-state index in [-0.39, 0.29) is 0 Å². The number of aromatic hydroxyl groups is 2. The molecule has 0 fully saturated rings. The molecular formula is C12H18O2. The van der Waals surface area contributed by atoms with Crippen LogP contribution in [-0.4, -0.2) is 10.2 Å². The highest BCUT2D eigenvalue weighted by atomic mass is 16.3. The van der Waals surface area contributed by atoms with Crippen molar-refractivity contribution in [3.05, 3.63) is 23.3 Å². The van der Waals surface area contributed by atoms with Crippen LogP contribution in [0, 0.1) is 0 Å². The molecule has 14 heavy (non-hydrogen) atoms. The van der Waals surface area contributed by atoms with E-state index in [1.165, 1.54) is 0 Å². The number of phenolic OH excluding ortho intramolecular Hbond substituents is 2. The first-order chi connectivity index (χ1) is 6.69. The van der Waals surface area contributed by atoms with Crippen molar-refractivity contribution in [2.24, 2.45) is 0 Å². The molecule has 2 heteroatoms. The standard InChI is InChI=1S/C12H18O2/c1-3-5-9-7-12(14)10(6-4-2)8-11(9)13/h7-8,13-14H,3-6H2,1-2H3. The molecule has 2 nitrogen and oxygen atoms in total. The Labute approximate surface area is 85.2 Å². The maximum atomic E-state index is 9.66. The Morgan fingerprint density at radius 3 is 1.50 bits per heavy atom. The quantitative estimate of drug-likeness (QED) is 0.723.